The molecule has 0 unspecified atom stereocenters. The van der Waals surface area contributed by atoms with Crippen LogP contribution in [0.4, 0.5) is 4.79 Å². The summed E-state index contributed by atoms with van der Waals surface area (Å²) in [6.45, 7) is 6.96. The molecule has 1 heterocycles. The van der Waals surface area contributed by atoms with Gasteiger partial charge >= 0.3 is 6.09 Å². The Hall–Kier alpha value is -0.770. The highest BCUT2D eigenvalue weighted by atomic mass is 16.6. The zero-order chi connectivity index (χ0) is 11.2. The molecule has 0 spiro atoms. The third-order valence-corrected chi connectivity index (χ3v) is 3.10. The second-order valence-corrected chi connectivity index (χ2v) is 5.53. The fourth-order valence-corrected chi connectivity index (χ4v) is 2.20. The van der Waals surface area contributed by atoms with Crippen LogP contribution in [0, 0.1) is 11.8 Å². The Balaban J connectivity index is 1.87. The molecule has 0 aromatic rings. The number of piperidine rings is 1. The molecule has 2 aliphatic rings. The number of ether oxygens (including phenoxy) is 1. The van der Waals surface area contributed by atoms with Gasteiger partial charge in [0.25, 0.3) is 0 Å². The van der Waals surface area contributed by atoms with Gasteiger partial charge in [-0.25, -0.2) is 4.79 Å². The van der Waals surface area contributed by atoms with Gasteiger partial charge in [0.1, 0.15) is 5.60 Å². The molecule has 1 saturated carbocycles. The maximum atomic E-state index is 11.7. The highest BCUT2D eigenvalue weighted by Gasteiger charge is 2.52. The summed E-state index contributed by atoms with van der Waals surface area (Å²) in [4.78, 5) is 13.4. The molecule has 15 heavy (non-hydrogen) atoms. The molecule has 1 N–H and O–H groups in total. The summed E-state index contributed by atoms with van der Waals surface area (Å²) in [6.07, 6.45) is 0.475. The number of carbonyl (C=O) groups excluding carboxylic acids is 1. The Kier molecular flexibility index (Phi) is 2.41. The number of fused-ring (bicyclic) bond motifs is 1. The van der Waals surface area contributed by atoms with Gasteiger partial charge in [0.15, 0.2) is 0 Å². The summed E-state index contributed by atoms with van der Waals surface area (Å²) in [5, 5.41) is 9.48. The van der Waals surface area contributed by atoms with Gasteiger partial charge in [0.2, 0.25) is 0 Å². The van der Waals surface area contributed by atoms with E-state index >= 15 is 0 Å². The second kappa shape index (κ2) is 3.37. The smallest absolute Gasteiger partial charge is 0.410 e. The Morgan fingerprint density at radius 1 is 1.40 bits per heavy atom. The molecule has 2 rings (SSSR count). The normalized spacial score (nSPS) is 34.7. The first kappa shape index (κ1) is 10.7. The van der Waals surface area contributed by atoms with E-state index in [1.807, 2.05) is 20.8 Å². The molecule has 4 heteroatoms. The molecule has 1 amide bonds. The van der Waals surface area contributed by atoms with Crippen LogP contribution in [-0.4, -0.2) is 40.9 Å². The van der Waals surface area contributed by atoms with Gasteiger partial charge in [-0.3, -0.25) is 0 Å². The van der Waals surface area contributed by atoms with Gasteiger partial charge in [-0.1, -0.05) is 0 Å². The van der Waals surface area contributed by atoms with E-state index in [1.165, 1.54) is 0 Å². The van der Waals surface area contributed by atoms with E-state index in [1.54, 1.807) is 4.90 Å². The first-order valence-electron chi connectivity index (χ1n) is 5.54. The fourth-order valence-electron chi connectivity index (χ4n) is 2.20. The number of aliphatic hydroxyl groups is 1. The zero-order valence-corrected chi connectivity index (χ0v) is 9.56. The van der Waals surface area contributed by atoms with E-state index in [4.69, 9.17) is 4.74 Å². The molecule has 0 bridgehead atoms. The number of aliphatic hydroxyl groups excluding tert-OH is 1. The summed E-state index contributed by atoms with van der Waals surface area (Å²) in [5.41, 5.74) is -0.434. The molecule has 86 valence electrons. The van der Waals surface area contributed by atoms with E-state index in [2.05, 4.69) is 0 Å². The molecular formula is C11H19NO3. The predicted molar refractivity (Wildman–Crippen MR) is 55.4 cm³/mol. The van der Waals surface area contributed by atoms with Gasteiger partial charge in [-0.15, -0.1) is 0 Å². The van der Waals surface area contributed by atoms with Crippen LogP contribution in [0.5, 0.6) is 0 Å². The molecule has 0 aromatic carbocycles. The van der Waals surface area contributed by atoms with Crippen LogP contribution in [0.25, 0.3) is 0 Å². The van der Waals surface area contributed by atoms with Crippen molar-refractivity contribution >= 4 is 6.09 Å². The maximum Gasteiger partial charge on any atom is 0.410 e. The van der Waals surface area contributed by atoms with Crippen LogP contribution < -0.4 is 0 Å². The first-order valence-corrected chi connectivity index (χ1v) is 5.54. The van der Waals surface area contributed by atoms with Crippen LogP contribution >= 0.6 is 0 Å². The van der Waals surface area contributed by atoms with Crippen molar-refractivity contribution < 1.29 is 14.6 Å². The van der Waals surface area contributed by atoms with E-state index in [0.717, 1.165) is 6.42 Å². The third kappa shape index (κ3) is 2.25. The highest BCUT2D eigenvalue weighted by molar-refractivity contribution is 5.68. The fraction of sp³-hybridized carbons (Fsp3) is 0.909. The Morgan fingerprint density at radius 2 is 2.07 bits per heavy atom. The lowest BCUT2D eigenvalue weighted by Crippen LogP contribution is -2.40. The monoisotopic (exact) mass is 213 g/mol. The van der Waals surface area contributed by atoms with Crippen molar-refractivity contribution in [2.75, 3.05) is 13.1 Å². The summed E-state index contributed by atoms with van der Waals surface area (Å²) >= 11 is 0. The Morgan fingerprint density at radius 3 is 2.60 bits per heavy atom. The SMILES string of the molecule is CC(C)(C)OC(=O)N1CC[C@@H]2[C@@H](O)[C@@H]2C1. The molecule has 1 aliphatic heterocycles. The van der Waals surface area contributed by atoms with Gasteiger partial charge in [0.05, 0.1) is 6.10 Å². The van der Waals surface area contributed by atoms with Gasteiger partial charge in [0, 0.05) is 19.0 Å². The van der Waals surface area contributed by atoms with Crippen LogP contribution in [0.3, 0.4) is 0 Å². The number of hydrogen-bond donors (Lipinski definition) is 1. The highest BCUT2D eigenvalue weighted by Crippen LogP contribution is 2.45. The minimum absolute atomic E-state index is 0.183. The number of carbonyl (C=O) groups is 1. The lowest BCUT2D eigenvalue weighted by Gasteiger charge is -2.29. The Bertz CT molecular complexity index is 271. The van der Waals surface area contributed by atoms with Crippen molar-refractivity contribution in [2.24, 2.45) is 11.8 Å². The van der Waals surface area contributed by atoms with Crippen LogP contribution in [0.2, 0.25) is 0 Å². The van der Waals surface area contributed by atoms with Crippen LogP contribution in [0.15, 0.2) is 0 Å². The van der Waals surface area contributed by atoms with Crippen molar-refractivity contribution in [1.82, 2.24) is 4.90 Å². The van der Waals surface area contributed by atoms with E-state index in [-0.39, 0.29) is 12.2 Å². The number of nitrogens with zero attached hydrogens (tertiary/aromatic N) is 1. The number of amides is 1. The molecule has 0 radical (unpaired) electrons. The van der Waals surface area contributed by atoms with E-state index in [9.17, 15) is 9.90 Å². The van der Waals surface area contributed by atoms with Crippen LogP contribution in [-0.2, 0) is 4.74 Å². The lowest BCUT2D eigenvalue weighted by atomic mass is 10.1. The third-order valence-electron chi connectivity index (χ3n) is 3.10. The number of rotatable bonds is 0. The Labute approximate surface area is 90.2 Å². The van der Waals surface area contributed by atoms with Crippen molar-refractivity contribution in [2.45, 2.75) is 38.9 Å². The molecule has 3 atom stereocenters. The lowest BCUT2D eigenvalue weighted by molar-refractivity contribution is 0.0206. The summed E-state index contributed by atoms with van der Waals surface area (Å²) < 4.78 is 5.28. The van der Waals surface area contributed by atoms with E-state index < -0.39 is 5.60 Å². The quantitative estimate of drug-likeness (QED) is 0.658. The van der Waals surface area contributed by atoms with Gasteiger partial charge < -0.3 is 14.7 Å². The minimum Gasteiger partial charge on any atom is -0.444 e. The molecule has 1 aliphatic carbocycles. The van der Waals surface area contributed by atoms with Gasteiger partial charge in [-0.05, 0) is 33.1 Å². The minimum atomic E-state index is -0.434. The second-order valence-electron chi connectivity index (χ2n) is 5.53. The topological polar surface area (TPSA) is 49.8 Å². The number of likely N-dealkylation sites (tertiary alicyclic amines) is 1. The summed E-state index contributed by atoms with van der Waals surface area (Å²) in [6, 6.07) is 0. The van der Waals surface area contributed by atoms with Crippen molar-refractivity contribution in [3.05, 3.63) is 0 Å². The largest absolute Gasteiger partial charge is 0.444 e. The molecular weight excluding hydrogens is 194 g/mol. The predicted octanol–water partition coefficient (Wildman–Crippen LogP) is 1.23. The molecule has 0 aromatic heterocycles. The first-order chi connectivity index (χ1) is 6.88. The van der Waals surface area contributed by atoms with Gasteiger partial charge in [-0.2, -0.15) is 0 Å². The van der Waals surface area contributed by atoms with Crippen LogP contribution in [0.1, 0.15) is 27.2 Å². The van der Waals surface area contributed by atoms with Crippen molar-refractivity contribution in [3.63, 3.8) is 0 Å². The standard InChI is InChI=1S/C11H19NO3/c1-11(2,3)15-10(14)12-5-4-7-8(6-12)9(7)13/h7-9,13H,4-6H2,1-3H3/t7-,8+,9+/m0/s1. The van der Waals surface area contributed by atoms with Crippen molar-refractivity contribution in [3.8, 4) is 0 Å². The zero-order valence-electron chi connectivity index (χ0n) is 9.56. The molecule has 2 fully saturated rings. The van der Waals surface area contributed by atoms with E-state index in [0.29, 0.717) is 24.9 Å². The molecule has 1 saturated heterocycles. The molecule has 4 nitrogen and oxygen atoms in total. The average Bonchev–Trinajstić information content (AvgIpc) is 2.74. The number of hydrogen-bond acceptors (Lipinski definition) is 3. The summed E-state index contributed by atoms with van der Waals surface area (Å²) in [5.74, 6) is 0.731. The average molecular weight is 213 g/mol. The van der Waals surface area contributed by atoms with Crippen molar-refractivity contribution in [1.29, 1.82) is 0 Å². The maximum absolute atomic E-state index is 11.7. The summed E-state index contributed by atoms with van der Waals surface area (Å²) in [7, 11) is 0.